The van der Waals surface area contributed by atoms with Crippen molar-refractivity contribution < 1.29 is 5.11 Å². The lowest BCUT2D eigenvalue weighted by atomic mass is 10.0. The number of pyridine rings is 1. The van der Waals surface area contributed by atoms with Gasteiger partial charge in [0.25, 0.3) is 0 Å². The average molecular weight is 288 g/mol. The zero-order chi connectivity index (χ0) is 15.2. The van der Waals surface area contributed by atoms with Gasteiger partial charge in [-0.15, -0.1) is 0 Å². The van der Waals surface area contributed by atoms with Crippen molar-refractivity contribution >= 4 is 0 Å². The summed E-state index contributed by atoms with van der Waals surface area (Å²) in [6.45, 7) is 5.29. The Morgan fingerprint density at radius 1 is 1.29 bits per heavy atom. The molecule has 0 aliphatic heterocycles. The smallest absolute Gasteiger partial charge is 0.0969 e. The molecule has 21 heavy (non-hydrogen) atoms. The van der Waals surface area contributed by atoms with Crippen LogP contribution in [0.15, 0.2) is 30.7 Å². The molecule has 0 aliphatic carbocycles. The van der Waals surface area contributed by atoms with E-state index in [-0.39, 0.29) is 6.61 Å². The largest absolute Gasteiger partial charge is 0.396 e. The average Bonchev–Trinajstić information content (AvgIpc) is 2.85. The maximum absolute atomic E-state index is 9.16. The second-order valence-electron chi connectivity index (χ2n) is 5.66. The van der Waals surface area contributed by atoms with Crippen LogP contribution in [0.3, 0.4) is 0 Å². The number of aliphatic hydroxyl groups is 1. The number of aliphatic hydroxyl groups excluding tert-OH is 1. The van der Waals surface area contributed by atoms with Crippen LogP contribution in [0.1, 0.15) is 25.8 Å². The van der Waals surface area contributed by atoms with Crippen molar-refractivity contribution in [2.45, 2.75) is 32.9 Å². The van der Waals surface area contributed by atoms with E-state index in [0.29, 0.717) is 12.0 Å². The van der Waals surface area contributed by atoms with Gasteiger partial charge in [0.2, 0.25) is 0 Å². The van der Waals surface area contributed by atoms with Crippen molar-refractivity contribution in [1.29, 1.82) is 0 Å². The Kier molecular flexibility index (Phi) is 5.47. The molecule has 0 spiro atoms. The van der Waals surface area contributed by atoms with Gasteiger partial charge in [-0.25, -0.2) is 0 Å². The molecule has 2 rings (SSSR count). The highest BCUT2D eigenvalue weighted by Crippen LogP contribution is 2.21. The highest BCUT2D eigenvalue weighted by atomic mass is 16.3. The minimum Gasteiger partial charge on any atom is -0.396 e. The molecule has 0 bridgehead atoms. The topological polar surface area (TPSA) is 63.0 Å². The molecule has 0 saturated carbocycles. The normalized spacial score (nSPS) is 12.8. The van der Waals surface area contributed by atoms with E-state index in [0.717, 1.165) is 29.8 Å². The van der Waals surface area contributed by atoms with Crippen LogP contribution in [0.4, 0.5) is 0 Å². The third-order valence-electron chi connectivity index (χ3n) is 3.66. The minimum atomic E-state index is 0.208. The predicted molar refractivity (Wildman–Crippen MR) is 83.6 cm³/mol. The molecule has 0 aliphatic rings. The maximum Gasteiger partial charge on any atom is 0.0969 e. The maximum atomic E-state index is 9.16. The number of nitrogens with one attached hydrogen (secondary N) is 1. The second kappa shape index (κ2) is 7.33. The Hall–Kier alpha value is -1.72. The van der Waals surface area contributed by atoms with Crippen LogP contribution in [0, 0.1) is 5.92 Å². The Morgan fingerprint density at radius 3 is 2.62 bits per heavy atom. The Balaban J connectivity index is 2.14. The summed E-state index contributed by atoms with van der Waals surface area (Å²) in [6.07, 6.45) is 6.37. The molecule has 2 aromatic heterocycles. The van der Waals surface area contributed by atoms with Gasteiger partial charge in [-0.05, 0) is 24.5 Å². The van der Waals surface area contributed by atoms with Crippen molar-refractivity contribution in [3.05, 3.63) is 36.3 Å². The SMILES string of the molecule is CC(C)C(CCO)NCc1cn(C)nc1-c1ccncc1. The summed E-state index contributed by atoms with van der Waals surface area (Å²) in [7, 11) is 1.93. The van der Waals surface area contributed by atoms with Crippen LogP contribution in [-0.4, -0.2) is 32.5 Å². The van der Waals surface area contributed by atoms with E-state index in [1.165, 1.54) is 0 Å². The molecule has 5 heteroatoms. The van der Waals surface area contributed by atoms with Crippen LogP contribution in [0.5, 0.6) is 0 Å². The zero-order valence-corrected chi connectivity index (χ0v) is 13.0. The molecular weight excluding hydrogens is 264 g/mol. The molecule has 0 fully saturated rings. The summed E-state index contributed by atoms with van der Waals surface area (Å²) in [4.78, 5) is 4.05. The molecule has 1 atom stereocenters. The Bertz CT molecular complexity index is 551. The number of rotatable bonds is 7. The van der Waals surface area contributed by atoms with Gasteiger partial charge in [-0.3, -0.25) is 9.67 Å². The number of hydrogen-bond acceptors (Lipinski definition) is 4. The first-order chi connectivity index (χ1) is 10.1. The molecule has 0 saturated heterocycles. The first-order valence-corrected chi connectivity index (χ1v) is 7.39. The zero-order valence-electron chi connectivity index (χ0n) is 13.0. The number of aryl methyl sites for hydroxylation is 1. The van der Waals surface area contributed by atoms with Gasteiger partial charge in [0.05, 0.1) is 5.69 Å². The van der Waals surface area contributed by atoms with Crippen LogP contribution in [0.2, 0.25) is 0 Å². The first kappa shape index (κ1) is 15.7. The summed E-state index contributed by atoms with van der Waals surface area (Å²) in [5.74, 6) is 0.484. The molecule has 1 unspecified atom stereocenters. The van der Waals surface area contributed by atoms with E-state index in [4.69, 9.17) is 5.11 Å². The molecule has 5 nitrogen and oxygen atoms in total. The lowest BCUT2D eigenvalue weighted by Crippen LogP contribution is -2.34. The summed E-state index contributed by atoms with van der Waals surface area (Å²) in [6, 6.07) is 4.25. The summed E-state index contributed by atoms with van der Waals surface area (Å²) >= 11 is 0. The third-order valence-corrected chi connectivity index (χ3v) is 3.66. The van der Waals surface area contributed by atoms with Crippen LogP contribution in [0.25, 0.3) is 11.3 Å². The lowest BCUT2D eigenvalue weighted by molar-refractivity contribution is 0.244. The van der Waals surface area contributed by atoms with Gasteiger partial charge in [-0.1, -0.05) is 13.8 Å². The molecule has 0 radical (unpaired) electrons. The standard InChI is InChI=1S/C16H24N4O/c1-12(2)15(6-9-21)18-10-14-11-20(3)19-16(14)13-4-7-17-8-5-13/h4-5,7-8,11-12,15,18,21H,6,9-10H2,1-3H3. The van der Waals surface area contributed by atoms with E-state index in [1.807, 2.05) is 30.1 Å². The fourth-order valence-electron chi connectivity index (χ4n) is 2.47. The highest BCUT2D eigenvalue weighted by molar-refractivity contribution is 5.61. The van der Waals surface area contributed by atoms with Gasteiger partial charge in [0.1, 0.15) is 0 Å². The first-order valence-electron chi connectivity index (χ1n) is 7.39. The van der Waals surface area contributed by atoms with Crippen molar-refractivity contribution in [2.24, 2.45) is 13.0 Å². The third kappa shape index (κ3) is 4.12. The molecule has 0 amide bonds. The van der Waals surface area contributed by atoms with E-state index in [1.54, 1.807) is 12.4 Å². The molecule has 2 heterocycles. The summed E-state index contributed by atoms with van der Waals surface area (Å²) < 4.78 is 1.84. The van der Waals surface area contributed by atoms with E-state index in [9.17, 15) is 0 Å². The van der Waals surface area contributed by atoms with E-state index in [2.05, 4.69) is 29.2 Å². The van der Waals surface area contributed by atoms with Crippen molar-refractivity contribution in [3.8, 4) is 11.3 Å². The summed E-state index contributed by atoms with van der Waals surface area (Å²) in [5.41, 5.74) is 3.22. The molecule has 2 aromatic rings. The van der Waals surface area contributed by atoms with Crippen molar-refractivity contribution in [1.82, 2.24) is 20.1 Å². The Labute approximate surface area is 126 Å². The molecular formula is C16H24N4O. The van der Waals surface area contributed by atoms with Crippen molar-refractivity contribution in [3.63, 3.8) is 0 Å². The predicted octanol–water partition coefficient (Wildman–Crippen LogP) is 1.98. The highest BCUT2D eigenvalue weighted by Gasteiger charge is 2.15. The molecule has 0 aromatic carbocycles. The van der Waals surface area contributed by atoms with E-state index >= 15 is 0 Å². The molecule has 114 valence electrons. The monoisotopic (exact) mass is 288 g/mol. The van der Waals surface area contributed by atoms with Crippen LogP contribution < -0.4 is 5.32 Å². The second-order valence-corrected chi connectivity index (χ2v) is 5.66. The van der Waals surface area contributed by atoms with Crippen LogP contribution >= 0.6 is 0 Å². The number of aromatic nitrogens is 3. The van der Waals surface area contributed by atoms with Gasteiger partial charge in [-0.2, -0.15) is 5.10 Å². The summed E-state index contributed by atoms with van der Waals surface area (Å²) in [5, 5.41) is 17.2. The lowest BCUT2D eigenvalue weighted by Gasteiger charge is -2.21. The fraction of sp³-hybridized carbons (Fsp3) is 0.500. The Morgan fingerprint density at radius 2 is 2.00 bits per heavy atom. The quantitative estimate of drug-likeness (QED) is 0.818. The van der Waals surface area contributed by atoms with Crippen LogP contribution in [-0.2, 0) is 13.6 Å². The van der Waals surface area contributed by atoms with Gasteiger partial charge >= 0.3 is 0 Å². The molecule has 2 N–H and O–H groups in total. The van der Waals surface area contributed by atoms with Gasteiger partial charge in [0.15, 0.2) is 0 Å². The fourth-order valence-corrected chi connectivity index (χ4v) is 2.47. The minimum absolute atomic E-state index is 0.208. The van der Waals surface area contributed by atoms with E-state index < -0.39 is 0 Å². The van der Waals surface area contributed by atoms with Crippen molar-refractivity contribution in [2.75, 3.05) is 6.61 Å². The number of hydrogen-bond donors (Lipinski definition) is 2. The van der Waals surface area contributed by atoms with Gasteiger partial charge in [0, 0.05) is 56.0 Å². The number of nitrogens with zero attached hydrogens (tertiary/aromatic N) is 3. The van der Waals surface area contributed by atoms with Gasteiger partial charge < -0.3 is 10.4 Å².